The molecule has 0 aromatic heterocycles. The van der Waals surface area contributed by atoms with E-state index < -0.39 is 17.7 Å². The molecule has 0 bridgehead atoms. The molecule has 7 heteroatoms. The van der Waals surface area contributed by atoms with Gasteiger partial charge in [-0.05, 0) is 36.2 Å². The number of nitrogens with zero attached hydrogens (tertiary/aromatic N) is 1. The molecule has 3 aromatic rings. The number of ether oxygens (including phenoxy) is 3. The van der Waals surface area contributed by atoms with Crippen LogP contribution in [0.2, 0.25) is 0 Å². The number of carbonyl (C=O) groups is 2. The number of Topliss-reactive ketones (excluding diaryl/α,β-unsaturated/α-hetero) is 1. The number of hydrogen-bond acceptors (Lipinski definition) is 6. The van der Waals surface area contributed by atoms with E-state index in [0.29, 0.717) is 22.8 Å². The van der Waals surface area contributed by atoms with Crippen molar-refractivity contribution in [1.82, 2.24) is 4.90 Å². The third-order valence-electron chi connectivity index (χ3n) is 6.22. The molecule has 0 spiro atoms. The molecule has 1 saturated heterocycles. The Balaban J connectivity index is 1.92. The van der Waals surface area contributed by atoms with E-state index in [1.807, 2.05) is 49.4 Å². The zero-order valence-corrected chi connectivity index (χ0v) is 20.1. The van der Waals surface area contributed by atoms with Crippen molar-refractivity contribution >= 4 is 17.4 Å². The van der Waals surface area contributed by atoms with Crippen molar-refractivity contribution in [2.24, 2.45) is 0 Å². The molecular formula is C28H27NO6. The highest BCUT2D eigenvalue weighted by Crippen LogP contribution is 2.43. The first-order chi connectivity index (χ1) is 16.9. The Morgan fingerprint density at radius 3 is 2.26 bits per heavy atom. The van der Waals surface area contributed by atoms with Gasteiger partial charge in [0.15, 0.2) is 0 Å². The van der Waals surface area contributed by atoms with Gasteiger partial charge in [-0.3, -0.25) is 9.59 Å². The minimum atomic E-state index is -0.798. The summed E-state index contributed by atoms with van der Waals surface area (Å²) in [5, 5.41) is 11.4. The molecule has 0 aliphatic carbocycles. The van der Waals surface area contributed by atoms with Crippen LogP contribution < -0.4 is 14.2 Å². The SMILES string of the molecule is COc1ccc(/C(O)=C2\C(=O)C(=O)N(Cc3ccccc3OC)C2c2ccccc2C)c(OC)c1. The van der Waals surface area contributed by atoms with Crippen LogP contribution in [0.3, 0.4) is 0 Å². The molecule has 1 atom stereocenters. The van der Waals surface area contributed by atoms with Crippen LogP contribution >= 0.6 is 0 Å². The van der Waals surface area contributed by atoms with E-state index >= 15 is 0 Å². The number of hydrogen-bond donors (Lipinski definition) is 1. The van der Waals surface area contributed by atoms with Gasteiger partial charge in [-0.25, -0.2) is 0 Å². The Bertz CT molecular complexity index is 1310. The molecule has 7 nitrogen and oxygen atoms in total. The van der Waals surface area contributed by atoms with Crippen molar-refractivity contribution in [3.05, 3.63) is 94.6 Å². The van der Waals surface area contributed by atoms with E-state index in [9.17, 15) is 14.7 Å². The lowest BCUT2D eigenvalue weighted by Crippen LogP contribution is -2.29. The van der Waals surface area contributed by atoms with Crippen LogP contribution in [-0.2, 0) is 16.1 Å². The largest absolute Gasteiger partial charge is 0.507 e. The number of aliphatic hydroxyl groups excluding tert-OH is 1. The molecule has 1 N–H and O–H groups in total. The first-order valence-electron chi connectivity index (χ1n) is 11.1. The number of para-hydroxylation sites is 1. The third-order valence-corrected chi connectivity index (χ3v) is 6.22. The van der Waals surface area contributed by atoms with Crippen molar-refractivity contribution in [2.45, 2.75) is 19.5 Å². The van der Waals surface area contributed by atoms with E-state index in [0.717, 1.165) is 16.7 Å². The van der Waals surface area contributed by atoms with E-state index in [1.165, 1.54) is 19.1 Å². The van der Waals surface area contributed by atoms with Crippen LogP contribution in [0.25, 0.3) is 5.76 Å². The molecular weight excluding hydrogens is 446 g/mol. The second-order valence-electron chi connectivity index (χ2n) is 8.16. The maximum absolute atomic E-state index is 13.4. The number of benzene rings is 3. The van der Waals surface area contributed by atoms with Crippen LogP contribution in [-0.4, -0.2) is 43.0 Å². The van der Waals surface area contributed by atoms with Gasteiger partial charge in [-0.2, -0.15) is 0 Å². The fourth-order valence-corrected chi connectivity index (χ4v) is 4.42. The number of methoxy groups -OCH3 is 3. The lowest BCUT2D eigenvalue weighted by molar-refractivity contribution is -0.140. The molecule has 1 amide bonds. The molecule has 35 heavy (non-hydrogen) atoms. The van der Waals surface area contributed by atoms with Gasteiger partial charge in [0, 0.05) is 11.6 Å². The van der Waals surface area contributed by atoms with Crippen molar-refractivity contribution < 1.29 is 28.9 Å². The van der Waals surface area contributed by atoms with Gasteiger partial charge in [0.1, 0.15) is 23.0 Å². The van der Waals surface area contributed by atoms with Gasteiger partial charge in [-0.1, -0.05) is 42.5 Å². The fourth-order valence-electron chi connectivity index (χ4n) is 4.42. The van der Waals surface area contributed by atoms with Crippen molar-refractivity contribution in [1.29, 1.82) is 0 Å². The summed E-state index contributed by atoms with van der Waals surface area (Å²) in [7, 11) is 4.54. The standard InChI is InChI=1S/C28H27NO6/c1-17-9-5-7-11-20(17)25-24(26(30)21-14-13-19(33-2)15-23(21)35-4)27(31)28(32)29(25)16-18-10-6-8-12-22(18)34-3/h5-15,25,30H,16H2,1-4H3/b26-24+. The number of ketones is 1. The minimum absolute atomic E-state index is 0.00247. The van der Waals surface area contributed by atoms with E-state index in [2.05, 4.69) is 0 Å². The van der Waals surface area contributed by atoms with Crippen LogP contribution in [0, 0.1) is 6.92 Å². The molecule has 3 aromatic carbocycles. The van der Waals surface area contributed by atoms with Crippen LogP contribution in [0.4, 0.5) is 0 Å². The zero-order valence-electron chi connectivity index (χ0n) is 20.1. The third kappa shape index (κ3) is 4.33. The quantitative estimate of drug-likeness (QED) is 0.306. The molecule has 0 radical (unpaired) electrons. The topological polar surface area (TPSA) is 85.3 Å². The summed E-state index contributed by atoms with van der Waals surface area (Å²) in [5.41, 5.74) is 2.68. The van der Waals surface area contributed by atoms with Crippen LogP contribution in [0.1, 0.15) is 28.3 Å². The van der Waals surface area contributed by atoms with E-state index in [4.69, 9.17) is 14.2 Å². The predicted molar refractivity (Wildman–Crippen MR) is 132 cm³/mol. The smallest absolute Gasteiger partial charge is 0.295 e. The number of likely N-dealkylation sites (tertiary alicyclic amines) is 1. The van der Waals surface area contributed by atoms with Crippen molar-refractivity contribution in [3.63, 3.8) is 0 Å². The van der Waals surface area contributed by atoms with Crippen molar-refractivity contribution in [3.8, 4) is 17.2 Å². The average molecular weight is 474 g/mol. The maximum Gasteiger partial charge on any atom is 0.295 e. The first-order valence-corrected chi connectivity index (χ1v) is 11.1. The predicted octanol–water partition coefficient (Wildman–Crippen LogP) is 4.64. The second kappa shape index (κ2) is 9.93. The highest BCUT2D eigenvalue weighted by molar-refractivity contribution is 6.46. The maximum atomic E-state index is 13.4. The Morgan fingerprint density at radius 2 is 1.57 bits per heavy atom. The van der Waals surface area contributed by atoms with Gasteiger partial charge in [-0.15, -0.1) is 0 Å². The summed E-state index contributed by atoms with van der Waals surface area (Å²) in [4.78, 5) is 28.2. The lowest BCUT2D eigenvalue weighted by atomic mass is 9.92. The van der Waals surface area contributed by atoms with E-state index in [1.54, 1.807) is 31.4 Å². The molecule has 1 fully saturated rings. The number of rotatable bonds is 7. The Hall–Kier alpha value is -4.26. The lowest BCUT2D eigenvalue weighted by Gasteiger charge is -2.27. The van der Waals surface area contributed by atoms with Gasteiger partial charge in [0.05, 0.1) is 45.1 Å². The number of aliphatic hydroxyl groups is 1. The Morgan fingerprint density at radius 1 is 0.886 bits per heavy atom. The molecule has 1 aliphatic rings. The average Bonchev–Trinajstić information content (AvgIpc) is 3.13. The molecule has 0 saturated carbocycles. The molecule has 1 heterocycles. The summed E-state index contributed by atoms with van der Waals surface area (Å²) in [6.07, 6.45) is 0. The van der Waals surface area contributed by atoms with Gasteiger partial charge >= 0.3 is 0 Å². The zero-order chi connectivity index (χ0) is 25.1. The highest BCUT2D eigenvalue weighted by atomic mass is 16.5. The number of aryl methyl sites for hydroxylation is 1. The van der Waals surface area contributed by atoms with Gasteiger partial charge in [0.25, 0.3) is 11.7 Å². The van der Waals surface area contributed by atoms with Crippen molar-refractivity contribution in [2.75, 3.05) is 21.3 Å². The number of carbonyl (C=O) groups excluding carboxylic acids is 2. The molecule has 1 unspecified atom stereocenters. The summed E-state index contributed by atoms with van der Waals surface area (Å²) in [5.74, 6) is -0.304. The van der Waals surface area contributed by atoms with Crippen LogP contribution in [0.5, 0.6) is 17.2 Å². The van der Waals surface area contributed by atoms with Gasteiger partial charge in [0.2, 0.25) is 0 Å². The molecule has 180 valence electrons. The summed E-state index contributed by atoms with van der Waals surface area (Å²) < 4.78 is 16.2. The second-order valence-corrected chi connectivity index (χ2v) is 8.16. The number of amides is 1. The Labute approximate surface area is 204 Å². The molecule has 1 aliphatic heterocycles. The summed E-state index contributed by atoms with van der Waals surface area (Å²) in [6, 6.07) is 18.9. The first kappa shape index (κ1) is 23.9. The molecule has 4 rings (SSSR count). The van der Waals surface area contributed by atoms with Gasteiger partial charge < -0.3 is 24.2 Å². The van der Waals surface area contributed by atoms with E-state index in [-0.39, 0.29) is 17.9 Å². The monoisotopic (exact) mass is 473 g/mol. The van der Waals surface area contributed by atoms with Crippen LogP contribution in [0.15, 0.2) is 72.3 Å². The summed E-state index contributed by atoms with van der Waals surface area (Å²) >= 11 is 0. The highest BCUT2D eigenvalue weighted by Gasteiger charge is 2.47. The minimum Gasteiger partial charge on any atom is -0.507 e. The fraction of sp³-hybridized carbons (Fsp3) is 0.214. The Kier molecular flexibility index (Phi) is 6.78. The summed E-state index contributed by atoms with van der Waals surface area (Å²) in [6.45, 7) is 2.04. The normalized spacial score (nSPS) is 16.9.